The van der Waals surface area contributed by atoms with Crippen molar-refractivity contribution in [3.05, 3.63) is 35.1 Å². The molecule has 2 N–H and O–H groups in total. The molecule has 0 aliphatic rings. The third-order valence-corrected chi connectivity index (χ3v) is 3.07. The van der Waals surface area contributed by atoms with Crippen LogP contribution in [0.15, 0.2) is 18.2 Å². The normalized spacial score (nSPS) is 12.6. The average Bonchev–Trinajstić information content (AvgIpc) is 2.30. The van der Waals surface area contributed by atoms with E-state index in [4.69, 9.17) is 10.5 Å². The van der Waals surface area contributed by atoms with Gasteiger partial charge in [-0.1, -0.05) is 6.07 Å². The van der Waals surface area contributed by atoms with E-state index in [1.165, 1.54) is 19.2 Å². The first-order valence-electron chi connectivity index (χ1n) is 5.40. The Kier molecular flexibility index (Phi) is 5.77. The number of aryl methyl sites for hydroxylation is 1. The van der Waals surface area contributed by atoms with Crippen LogP contribution in [0, 0.1) is 18.2 Å². The lowest BCUT2D eigenvalue weighted by atomic mass is 9.79. The number of halogens is 2. The minimum absolute atomic E-state index is 0. The molecule has 1 aromatic carbocycles. The van der Waals surface area contributed by atoms with Gasteiger partial charge in [0.05, 0.1) is 12.5 Å². The van der Waals surface area contributed by atoms with Gasteiger partial charge < -0.3 is 10.5 Å². The molecule has 18 heavy (non-hydrogen) atoms. The van der Waals surface area contributed by atoms with E-state index < -0.39 is 17.4 Å². The highest BCUT2D eigenvalue weighted by Gasteiger charge is 2.37. The summed E-state index contributed by atoms with van der Waals surface area (Å²) < 4.78 is 17.9. The molecule has 0 spiro atoms. The fourth-order valence-electron chi connectivity index (χ4n) is 1.73. The van der Waals surface area contributed by atoms with Gasteiger partial charge in [-0.25, -0.2) is 4.39 Å². The molecule has 0 saturated heterocycles. The summed E-state index contributed by atoms with van der Waals surface area (Å²) in [6, 6.07) is 3.78. The van der Waals surface area contributed by atoms with E-state index in [0.29, 0.717) is 5.56 Å². The van der Waals surface area contributed by atoms with Gasteiger partial charge in [0.2, 0.25) is 0 Å². The van der Waals surface area contributed by atoms with E-state index in [0.717, 1.165) is 5.56 Å². The van der Waals surface area contributed by atoms with Gasteiger partial charge in [-0.05, 0) is 44.0 Å². The van der Waals surface area contributed by atoms with Crippen LogP contribution in [0.2, 0.25) is 0 Å². The highest BCUT2D eigenvalue weighted by molar-refractivity contribution is 5.85. The van der Waals surface area contributed by atoms with E-state index >= 15 is 0 Å². The molecule has 1 aromatic rings. The summed E-state index contributed by atoms with van der Waals surface area (Å²) in [5.74, 6) is -0.768. The first-order valence-corrected chi connectivity index (χ1v) is 5.40. The Hall–Kier alpha value is -1.13. The largest absolute Gasteiger partial charge is 0.469 e. The summed E-state index contributed by atoms with van der Waals surface area (Å²) in [6.07, 6.45) is 0. The lowest BCUT2D eigenvalue weighted by Gasteiger charge is -2.29. The summed E-state index contributed by atoms with van der Waals surface area (Å²) in [4.78, 5) is 11.6. The van der Waals surface area contributed by atoms with Crippen LogP contribution in [0.5, 0.6) is 0 Å². The average molecular weight is 276 g/mol. The summed E-state index contributed by atoms with van der Waals surface area (Å²) in [7, 11) is 1.31. The highest BCUT2D eigenvalue weighted by atomic mass is 35.5. The lowest BCUT2D eigenvalue weighted by molar-refractivity contribution is -0.152. The SMILES string of the molecule is COC(=O)C(C)(C)[C@H](N)c1cc(F)ccc1C.Cl. The van der Waals surface area contributed by atoms with Crippen molar-refractivity contribution in [3.8, 4) is 0 Å². The van der Waals surface area contributed by atoms with Crippen LogP contribution in [-0.4, -0.2) is 13.1 Å². The van der Waals surface area contributed by atoms with Crippen molar-refractivity contribution in [2.75, 3.05) is 7.11 Å². The molecule has 5 heteroatoms. The predicted octanol–water partition coefficient (Wildman–Crippen LogP) is 2.75. The molecule has 0 unspecified atom stereocenters. The van der Waals surface area contributed by atoms with Crippen molar-refractivity contribution in [1.29, 1.82) is 0 Å². The van der Waals surface area contributed by atoms with E-state index in [1.807, 2.05) is 6.92 Å². The van der Waals surface area contributed by atoms with Crippen molar-refractivity contribution in [2.24, 2.45) is 11.1 Å². The Morgan fingerprint density at radius 2 is 2.00 bits per heavy atom. The van der Waals surface area contributed by atoms with Gasteiger partial charge in [-0.2, -0.15) is 0 Å². The van der Waals surface area contributed by atoms with Crippen LogP contribution in [0.3, 0.4) is 0 Å². The second-order valence-corrected chi connectivity index (χ2v) is 4.69. The fraction of sp³-hybridized carbons (Fsp3) is 0.462. The third kappa shape index (κ3) is 3.21. The number of carbonyl (C=O) groups excluding carboxylic acids is 1. The van der Waals surface area contributed by atoms with E-state index in [-0.39, 0.29) is 18.2 Å². The maximum absolute atomic E-state index is 13.2. The van der Waals surface area contributed by atoms with Gasteiger partial charge >= 0.3 is 5.97 Å². The Morgan fingerprint density at radius 1 is 1.44 bits per heavy atom. The number of rotatable bonds is 3. The smallest absolute Gasteiger partial charge is 0.313 e. The van der Waals surface area contributed by atoms with Gasteiger partial charge in [-0.3, -0.25) is 4.79 Å². The molecule has 3 nitrogen and oxygen atoms in total. The standard InChI is InChI=1S/C13H18FNO2.ClH/c1-8-5-6-9(14)7-10(8)11(15)13(2,3)12(16)17-4;/h5-7,11H,15H2,1-4H3;1H/t11-;/m1./s1. The first-order chi connectivity index (χ1) is 7.80. The number of nitrogens with two attached hydrogens (primary N) is 1. The van der Waals surface area contributed by atoms with Gasteiger partial charge in [0.1, 0.15) is 5.82 Å². The Morgan fingerprint density at radius 3 is 2.50 bits per heavy atom. The summed E-state index contributed by atoms with van der Waals surface area (Å²) in [6.45, 7) is 5.21. The number of esters is 1. The number of methoxy groups -OCH3 is 1. The molecule has 0 heterocycles. The lowest BCUT2D eigenvalue weighted by Crippen LogP contribution is -2.37. The number of benzene rings is 1. The van der Waals surface area contributed by atoms with Crippen molar-refractivity contribution in [1.82, 2.24) is 0 Å². The van der Waals surface area contributed by atoms with Crippen LogP contribution in [0.1, 0.15) is 31.0 Å². The third-order valence-electron chi connectivity index (χ3n) is 3.07. The Bertz CT molecular complexity index is 435. The van der Waals surface area contributed by atoms with Gasteiger partial charge in [-0.15, -0.1) is 12.4 Å². The molecule has 0 radical (unpaired) electrons. The molecule has 0 aliphatic heterocycles. The minimum Gasteiger partial charge on any atom is -0.469 e. The van der Waals surface area contributed by atoms with Crippen LogP contribution in [-0.2, 0) is 9.53 Å². The van der Waals surface area contributed by atoms with Crippen molar-refractivity contribution >= 4 is 18.4 Å². The van der Waals surface area contributed by atoms with Crippen molar-refractivity contribution < 1.29 is 13.9 Å². The molecule has 0 aliphatic carbocycles. The first kappa shape index (κ1) is 16.9. The van der Waals surface area contributed by atoms with Crippen molar-refractivity contribution in [2.45, 2.75) is 26.8 Å². The van der Waals surface area contributed by atoms with Crippen molar-refractivity contribution in [3.63, 3.8) is 0 Å². The zero-order valence-corrected chi connectivity index (χ0v) is 11.8. The second kappa shape index (κ2) is 6.16. The zero-order chi connectivity index (χ0) is 13.2. The summed E-state index contributed by atoms with van der Waals surface area (Å²) >= 11 is 0. The van der Waals surface area contributed by atoms with Crippen LogP contribution >= 0.6 is 12.4 Å². The van der Waals surface area contributed by atoms with Crippen LogP contribution in [0.4, 0.5) is 4.39 Å². The monoisotopic (exact) mass is 275 g/mol. The Balaban J connectivity index is 0.00000289. The zero-order valence-electron chi connectivity index (χ0n) is 11.0. The fourth-order valence-corrected chi connectivity index (χ4v) is 1.73. The Labute approximate surface area is 113 Å². The molecule has 102 valence electrons. The molecule has 1 atom stereocenters. The maximum Gasteiger partial charge on any atom is 0.313 e. The highest BCUT2D eigenvalue weighted by Crippen LogP contribution is 2.34. The minimum atomic E-state index is -0.896. The quantitative estimate of drug-likeness (QED) is 0.863. The van der Waals surface area contributed by atoms with Gasteiger partial charge in [0, 0.05) is 6.04 Å². The van der Waals surface area contributed by atoms with E-state index in [1.54, 1.807) is 19.9 Å². The number of carbonyl (C=O) groups is 1. The van der Waals surface area contributed by atoms with E-state index in [9.17, 15) is 9.18 Å². The second-order valence-electron chi connectivity index (χ2n) is 4.69. The molecular formula is C13H19ClFNO2. The molecule has 1 rings (SSSR count). The summed E-state index contributed by atoms with van der Waals surface area (Å²) in [5.41, 5.74) is 6.64. The molecule has 0 bridgehead atoms. The van der Waals surface area contributed by atoms with Gasteiger partial charge in [0.25, 0.3) is 0 Å². The predicted molar refractivity (Wildman–Crippen MR) is 71.1 cm³/mol. The molecule has 0 amide bonds. The van der Waals surface area contributed by atoms with Crippen LogP contribution < -0.4 is 5.73 Å². The van der Waals surface area contributed by atoms with Gasteiger partial charge in [0.15, 0.2) is 0 Å². The number of ether oxygens (including phenoxy) is 1. The maximum atomic E-state index is 13.2. The summed E-state index contributed by atoms with van der Waals surface area (Å²) in [5, 5.41) is 0. The molecule has 0 saturated carbocycles. The molecular weight excluding hydrogens is 257 g/mol. The van der Waals surface area contributed by atoms with Crippen LogP contribution in [0.25, 0.3) is 0 Å². The molecule has 0 fully saturated rings. The van der Waals surface area contributed by atoms with E-state index in [2.05, 4.69) is 0 Å². The number of hydrogen-bond donors (Lipinski definition) is 1. The molecule has 0 aromatic heterocycles. The topological polar surface area (TPSA) is 52.3 Å². The number of hydrogen-bond acceptors (Lipinski definition) is 3.